The Hall–Kier alpha value is -1.84. The lowest BCUT2D eigenvalue weighted by molar-refractivity contribution is 0.111. The van der Waals surface area contributed by atoms with Crippen LogP contribution in [0, 0.1) is 0 Å². The summed E-state index contributed by atoms with van der Waals surface area (Å²) in [6, 6.07) is 1.53. The molecule has 1 fully saturated rings. The van der Waals surface area contributed by atoms with E-state index in [0.29, 0.717) is 46.8 Å². The molecule has 6 heteroatoms. The maximum absolute atomic E-state index is 11.0. The van der Waals surface area contributed by atoms with Gasteiger partial charge in [0, 0.05) is 5.56 Å². The van der Waals surface area contributed by atoms with E-state index in [2.05, 4.69) is 4.99 Å². The molecule has 0 spiro atoms. The Morgan fingerprint density at radius 1 is 1.37 bits per heavy atom. The third kappa shape index (κ3) is 1.66. The number of ether oxygens (including phenoxy) is 2. The van der Waals surface area contributed by atoms with Crippen molar-refractivity contribution in [2.75, 3.05) is 6.79 Å². The first-order valence-electron chi connectivity index (χ1n) is 5.88. The molecule has 1 aromatic rings. The summed E-state index contributed by atoms with van der Waals surface area (Å²) in [5.74, 6) is 0.801. The number of hydrogen-bond acceptors (Lipinski definition) is 5. The van der Waals surface area contributed by atoms with Crippen molar-refractivity contribution in [3.63, 3.8) is 0 Å². The first-order valence-corrected chi connectivity index (χ1v) is 6.26. The summed E-state index contributed by atoms with van der Waals surface area (Å²) in [6.07, 6.45) is 4.64. The molecule has 2 aliphatic rings. The third-order valence-electron chi connectivity index (χ3n) is 3.66. The lowest BCUT2D eigenvalue weighted by Crippen LogP contribution is -2.32. The third-order valence-corrected chi connectivity index (χ3v) is 3.95. The molecule has 1 aliphatic carbocycles. The van der Waals surface area contributed by atoms with Gasteiger partial charge in [0.1, 0.15) is 5.54 Å². The standard InChI is InChI=1S/C13H10ClNO4/c14-9-4-8(5-16)11-12(19-7-18-11)10(9)13(15-6-17)2-1-3-13/h4-5H,1-3,7H2. The number of carbonyl (C=O) groups is 1. The van der Waals surface area contributed by atoms with Crippen molar-refractivity contribution in [3.8, 4) is 11.5 Å². The summed E-state index contributed by atoms with van der Waals surface area (Å²) in [5, 5.41) is 0.366. The second-order valence-corrected chi connectivity index (χ2v) is 5.00. The summed E-state index contributed by atoms with van der Waals surface area (Å²) < 4.78 is 10.7. The van der Waals surface area contributed by atoms with Gasteiger partial charge in [-0.15, -0.1) is 0 Å². The van der Waals surface area contributed by atoms with Crippen LogP contribution in [0.25, 0.3) is 0 Å². The Kier molecular flexibility index (Phi) is 2.81. The van der Waals surface area contributed by atoms with Crippen molar-refractivity contribution in [1.29, 1.82) is 0 Å². The second-order valence-electron chi connectivity index (χ2n) is 4.59. The van der Waals surface area contributed by atoms with Crippen molar-refractivity contribution in [1.82, 2.24) is 0 Å². The molecule has 1 saturated carbocycles. The molecule has 0 unspecified atom stereocenters. The maximum Gasteiger partial charge on any atom is 0.235 e. The summed E-state index contributed by atoms with van der Waals surface area (Å²) in [5.41, 5.74) is 0.283. The van der Waals surface area contributed by atoms with Crippen molar-refractivity contribution in [2.45, 2.75) is 24.8 Å². The molecule has 0 atom stereocenters. The number of benzene rings is 1. The van der Waals surface area contributed by atoms with E-state index in [1.54, 1.807) is 6.08 Å². The molecule has 0 saturated heterocycles. The summed E-state index contributed by atoms with van der Waals surface area (Å²) in [6.45, 7) is 0.0321. The zero-order valence-electron chi connectivity index (χ0n) is 9.94. The van der Waals surface area contributed by atoms with Crippen LogP contribution >= 0.6 is 11.6 Å². The van der Waals surface area contributed by atoms with E-state index >= 15 is 0 Å². The van der Waals surface area contributed by atoms with E-state index < -0.39 is 5.54 Å². The van der Waals surface area contributed by atoms with Gasteiger partial charge in [-0.3, -0.25) is 4.79 Å². The maximum atomic E-state index is 11.0. The normalized spacial score (nSPS) is 18.4. The molecule has 19 heavy (non-hydrogen) atoms. The quantitative estimate of drug-likeness (QED) is 0.485. The van der Waals surface area contributed by atoms with E-state index in [1.165, 1.54) is 6.07 Å². The van der Waals surface area contributed by atoms with Crippen LogP contribution < -0.4 is 9.47 Å². The molecule has 98 valence electrons. The molecule has 0 amide bonds. The lowest BCUT2D eigenvalue weighted by atomic mass is 9.71. The van der Waals surface area contributed by atoms with Gasteiger partial charge in [0.25, 0.3) is 0 Å². The summed E-state index contributed by atoms with van der Waals surface area (Å²) in [7, 11) is 0. The number of aliphatic imine (C=N–C) groups is 1. The molecule has 1 heterocycles. The summed E-state index contributed by atoms with van der Waals surface area (Å²) in [4.78, 5) is 25.6. The minimum atomic E-state index is -0.683. The number of aldehydes is 1. The van der Waals surface area contributed by atoms with Crippen molar-refractivity contribution in [3.05, 3.63) is 22.2 Å². The van der Waals surface area contributed by atoms with Crippen molar-refractivity contribution < 1.29 is 19.1 Å². The first kappa shape index (κ1) is 12.2. The number of isocyanates is 1. The molecule has 1 aromatic carbocycles. The van der Waals surface area contributed by atoms with Crippen molar-refractivity contribution in [2.24, 2.45) is 4.99 Å². The van der Waals surface area contributed by atoms with Gasteiger partial charge in [-0.2, -0.15) is 4.99 Å². The lowest BCUT2D eigenvalue weighted by Gasteiger charge is -2.38. The van der Waals surface area contributed by atoms with Crippen LogP contribution in [0.4, 0.5) is 0 Å². The molecular weight excluding hydrogens is 270 g/mol. The zero-order valence-corrected chi connectivity index (χ0v) is 10.7. The predicted molar refractivity (Wildman–Crippen MR) is 66.6 cm³/mol. The number of fused-ring (bicyclic) bond motifs is 1. The molecule has 0 aromatic heterocycles. The van der Waals surface area contributed by atoms with E-state index in [0.717, 1.165) is 6.42 Å². The molecule has 0 N–H and O–H groups in total. The van der Waals surface area contributed by atoms with Crippen LogP contribution in [0.1, 0.15) is 35.2 Å². The van der Waals surface area contributed by atoms with E-state index in [9.17, 15) is 9.59 Å². The largest absolute Gasteiger partial charge is 0.453 e. The average molecular weight is 280 g/mol. The number of halogens is 1. The van der Waals surface area contributed by atoms with Gasteiger partial charge >= 0.3 is 0 Å². The van der Waals surface area contributed by atoms with Gasteiger partial charge in [0.05, 0.1) is 10.6 Å². The summed E-state index contributed by atoms with van der Waals surface area (Å²) >= 11 is 6.24. The van der Waals surface area contributed by atoms with Crippen LogP contribution in [0.5, 0.6) is 11.5 Å². The highest BCUT2D eigenvalue weighted by molar-refractivity contribution is 6.32. The average Bonchev–Trinajstić information content (AvgIpc) is 2.82. The Morgan fingerprint density at radius 2 is 2.11 bits per heavy atom. The zero-order chi connectivity index (χ0) is 13.5. The Bertz CT molecular complexity index is 603. The topological polar surface area (TPSA) is 65.0 Å². The van der Waals surface area contributed by atoms with Crippen molar-refractivity contribution >= 4 is 24.0 Å². The number of nitrogens with zero attached hydrogens (tertiary/aromatic N) is 1. The molecular formula is C13H10ClNO4. The van der Waals surface area contributed by atoms with Gasteiger partial charge in [-0.05, 0) is 25.3 Å². The molecule has 3 rings (SSSR count). The van der Waals surface area contributed by atoms with Crippen LogP contribution in [-0.2, 0) is 10.3 Å². The SMILES string of the molecule is O=C=NC1(c2c(Cl)cc(C=O)c3c2OCO3)CCC1. The minimum Gasteiger partial charge on any atom is -0.453 e. The molecule has 0 radical (unpaired) electrons. The number of carbonyl (C=O) groups excluding carboxylic acids is 2. The number of rotatable bonds is 3. The fraction of sp³-hybridized carbons (Fsp3) is 0.385. The first-order chi connectivity index (χ1) is 9.22. The smallest absolute Gasteiger partial charge is 0.235 e. The predicted octanol–water partition coefficient (Wildman–Crippen LogP) is 2.60. The van der Waals surface area contributed by atoms with Crippen LogP contribution in [0.3, 0.4) is 0 Å². The Balaban J connectivity index is 2.25. The fourth-order valence-electron chi connectivity index (χ4n) is 2.60. The molecule has 5 nitrogen and oxygen atoms in total. The molecule has 1 aliphatic heterocycles. The highest BCUT2D eigenvalue weighted by Gasteiger charge is 2.45. The highest BCUT2D eigenvalue weighted by Crippen LogP contribution is 2.54. The fourth-order valence-corrected chi connectivity index (χ4v) is 2.98. The Labute approximate surface area is 114 Å². The number of hydrogen-bond donors (Lipinski definition) is 0. The van der Waals surface area contributed by atoms with Gasteiger partial charge < -0.3 is 9.47 Å². The van der Waals surface area contributed by atoms with Crippen LogP contribution in [-0.4, -0.2) is 19.2 Å². The highest BCUT2D eigenvalue weighted by atomic mass is 35.5. The minimum absolute atomic E-state index is 0.0321. The molecule has 0 bridgehead atoms. The van der Waals surface area contributed by atoms with Gasteiger partial charge in [0.2, 0.25) is 12.9 Å². The monoisotopic (exact) mass is 279 g/mol. The second kappa shape index (κ2) is 4.37. The van der Waals surface area contributed by atoms with Crippen LogP contribution in [0.15, 0.2) is 11.1 Å². The van der Waals surface area contributed by atoms with E-state index in [4.69, 9.17) is 21.1 Å². The van der Waals surface area contributed by atoms with Gasteiger partial charge in [-0.1, -0.05) is 11.6 Å². The van der Waals surface area contributed by atoms with E-state index in [-0.39, 0.29) is 6.79 Å². The Morgan fingerprint density at radius 3 is 2.68 bits per heavy atom. The van der Waals surface area contributed by atoms with Crippen LogP contribution in [0.2, 0.25) is 5.02 Å². The van der Waals surface area contributed by atoms with Gasteiger partial charge in [0.15, 0.2) is 17.8 Å². The van der Waals surface area contributed by atoms with Gasteiger partial charge in [-0.25, -0.2) is 4.79 Å². The van der Waals surface area contributed by atoms with E-state index in [1.807, 2.05) is 0 Å².